The summed E-state index contributed by atoms with van der Waals surface area (Å²) in [5.41, 5.74) is 8.51. The lowest BCUT2D eigenvalue weighted by Gasteiger charge is -2.34. The summed E-state index contributed by atoms with van der Waals surface area (Å²) in [6, 6.07) is 2.38. The third kappa shape index (κ3) is 2.50. The van der Waals surface area contributed by atoms with Crippen molar-refractivity contribution < 1.29 is 4.79 Å². The molecule has 1 atom stereocenters. The summed E-state index contributed by atoms with van der Waals surface area (Å²) in [4.78, 5) is 18.8. The Morgan fingerprint density at radius 2 is 2.25 bits per heavy atom. The van der Waals surface area contributed by atoms with E-state index in [1.54, 1.807) is 0 Å². The number of piperazine rings is 1. The molecule has 20 heavy (non-hydrogen) atoms. The van der Waals surface area contributed by atoms with E-state index >= 15 is 0 Å². The molecule has 5 nitrogen and oxygen atoms in total. The Labute approximate surface area is 119 Å². The minimum atomic E-state index is -0.368. The van der Waals surface area contributed by atoms with Crippen LogP contribution in [0.1, 0.15) is 41.4 Å². The lowest BCUT2D eigenvalue weighted by molar-refractivity contribution is 0.1000. The van der Waals surface area contributed by atoms with Crippen molar-refractivity contribution in [2.24, 2.45) is 5.73 Å². The molecule has 0 unspecified atom stereocenters. The van der Waals surface area contributed by atoms with Crippen molar-refractivity contribution in [3.8, 4) is 0 Å². The van der Waals surface area contributed by atoms with E-state index in [1.807, 2.05) is 6.07 Å². The van der Waals surface area contributed by atoms with E-state index in [0.29, 0.717) is 11.6 Å². The van der Waals surface area contributed by atoms with Crippen LogP contribution in [0.25, 0.3) is 0 Å². The van der Waals surface area contributed by atoms with Crippen molar-refractivity contribution in [2.45, 2.75) is 38.6 Å². The predicted molar refractivity (Wildman–Crippen MR) is 79.1 cm³/mol. The Morgan fingerprint density at radius 1 is 1.45 bits per heavy atom. The average Bonchev–Trinajstić information content (AvgIpc) is 2.46. The Bertz CT molecular complexity index is 529. The fraction of sp³-hybridized carbons (Fsp3) is 0.600. The monoisotopic (exact) mass is 274 g/mol. The summed E-state index contributed by atoms with van der Waals surface area (Å²) in [6.07, 6.45) is 4.40. The van der Waals surface area contributed by atoms with Gasteiger partial charge in [0.15, 0.2) is 0 Å². The number of hydrogen-bond donors (Lipinski definition) is 2. The molecule has 1 aliphatic carbocycles. The number of nitrogens with one attached hydrogen (secondary N) is 1. The molecule has 3 rings (SSSR count). The lowest BCUT2D eigenvalue weighted by Crippen LogP contribution is -2.50. The van der Waals surface area contributed by atoms with Gasteiger partial charge in [-0.2, -0.15) is 0 Å². The fourth-order valence-electron chi connectivity index (χ4n) is 3.17. The van der Waals surface area contributed by atoms with Crippen LogP contribution in [0.4, 0.5) is 5.82 Å². The second-order valence-electron chi connectivity index (χ2n) is 5.84. The molecule has 1 aromatic rings. The molecule has 1 aliphatic heterocycles. The van der Waals surface area contributed by atoms with Crippen LogP contribution in [0, 0.1) is 0 Å². The molecule has 0 spiro atoms. The molecule has 2 heterocycles. The Morgan fingerprint density at radius 3 is 3.00 bits per heavy atom. The van der Waals surface area contributed by atoms with Gasteiger partial charge in [-0.05, 0) is 44.2 Å². The summed E-state index contributed by atoms with van der Waals surface area (Å²) >= 11 is 0. The van der Waals surface area contributed by atoms with Crippen LogP contribution in [0.3, 0.4) is 0 Å². The van der Waals surface area contributed by atoms with Gasteiger partial charge in [0.25, 0.3) is 5.91 Å². The molecule has 1 fully saturated rings. The summed E-state index contributed by atoms with van der Waals surface area (Å²) in [5, 5.41) is 3.41. The highest BCUT2D eigenvalue weighted by Gasteiger charge is 2.24. The van der Waals surface area contributed by atoms with Gasteiger partial charge in [0.05, 0.1) is 5.56 Å². The highest BCUT2D eigenvalue weighted by molar-refractivity contribution is 5.98. The number of nitrogens with zero attached hydrogens (tertiary/aromatic N) is 2. The highest BCUT2D eigenvalue weighted by Crippen LogP contribution is 2.27. The molecule has 0 aromatic carbocycles. The van der Waals surface area contributed by atoms with Crippen LogP contribution < -0.4 is 16.0 Å². The van der Waals surface area contributed by atoms with Gasteiger partial charge in [0.2, 0.25) is 0 Å². The standard InChI is InChI=1S/C15H22N4O/c1-10-9-19(7-6-17-10)15-12(14(16)20)8-11-4-2-3-5-13(11)18-15/h8,10,17H,2-7,9H2,1H3,(H2,16,20)/t10-/m0/s1. The van der Waals surface area contributed by atoms with Gasteiger partial charge in [0, 0.05) is 31.4 Å². The number of hydrogen-bond acceptors (Lipinski definition) is 4. The summed E-state index contributed by atoms with van der Waals surface area (Å²) in [6.45, 7) is 4.80. The van der Waals surface area contributed by atoms with Crippen molar-refractivity contribution in [1.82, 2.24) is 10.3 Å². The van der Waals surface area contributed by atoms with E-state index in [2.05, 4.69) is 17.1 Å². The van der Waals surface area contributed by atoms with Crippen molar-refractivity contribution in [3.05, 3.63) is 22.9 Å². The van der Waals surface area contributed by atoms with Gasteiger partial charge in [-0.15, -0.1) is 0 Å². The van der Waals surface area contributed by atoms with Crippen molar-refractivity contribution >= 4 is 11.7 Å². The maximum atomic E-state index is 11.8. The van der Waals surface area contributed by atoms with Crippen LogP contribution in [-0.4, -0.2) is 36.6 Å². The first-order valence-electron chi connectivity index (χ1n) is 7.46. The number of aryl methyl sites for hydroxylation is 2. The molecule has 1 aromatic heterocycles. The Hall–Kier alpha value is -1.62. The maximum Gasteiger partial charge on any atom is 0.252 e. The molecule has 0 saturated carbocycles. The first-order valence-corrected chi connectivity index (χ1v) is 7.46. The van der Waals surface area contributed by atoms with Gasteiger partial charge in [-0.3, -0.25) is 4.79 Å². The van der Waals surface area contributed by atoms with E-state index in [1.165, 1.54) is 18.4 Å². The Kier molecular flexibility index (Phi) is 3.61. The number of primary amides is 1. The summed E-state index contributed by atoms with van der Waals surface area (Å²) in [5.74, 6) is 0.415. The van der Waals surface area contributed by atoms with E-state index in [-0.39, 0.29) is 5.91 Å². The lowest BCUT2D eigenvalue weighted by atomic mass is 9.94. The zero-order chi connectivity index (χ0) is 14.1. The number of anilines is 1. The fourth-order valence-corrected chi connectivity index (χ4v) is 3.17. The van der Waals surface area contributed by atoms with Crippen LogP contribution in [-0.2, 0) is 12.8 Å². The van der Waals surface area contributed by atoms with Crippen LogP contribution in [0.5, 0.6) is 0 Å². The van der Waals surface area contributed by atoms with Crippen molar-refractivity contribution in [3.63, 3.8) is 0 Å². The van der Waals surface area contributed by atoms with E-state index in [0.717, 1.165) is 44.0 Å². The summed E-state index contributed by atoms with van der Waals surface area (Å²) < 4.78 is 0. The number of amides is 1. The van der Waals surface area contributed by atoms with Crippen LogP contribution >= 0.6 is 0 Å². The molecular weight excluding hydrogens is 252 g/mol. The zero-order valence-electron chi connectivity index (χ0n) is 12.0. The molecule has 108 valence electrons. The predicted octanol–water partition coefficient (Wildman–Crippen LogP) is 0.857. The minimum Gasteiger partial charge on any atom is -0.365 e. The third-order valence-electron chi connectivity index (χ3n) is 4.21. The molecule has 1 amide bonds. The number of pyridine rings is 1. The van der Waals surface area contributed by atoms with Gasteiger partial charge in [-0.1, -0.05) is 0 Å². The van der Waals surface area contributed by atoms with Crippen molar-refractivity contribution in [1.29, 1.82) is 0 Å². The van der Waals surface area contributed by atoms with Gasteiger partial charge < -0.3 is 16.0 Å². The largest absolute Gasteiger partial charge is 0.365 e. The molecule has 1 saturated heterocycles. The molecular formula is C15H22N4O. The quantitative estimate of drug-likeness (QED) is 0.839. The normalized spacial score (nSPS) is 22.4. The van der Waals surface area contributed by atoms with E-state index < -0.39 is 0 Å². The zero-order valence-corrected chi connectivity index (χ0v) is 12.0. The second kappa shape index (κ2) is 5.40. The molecule has 5 heteroatoms. The number of rotatable bonds is 2. The number of carbonyl (C=O) groups excluding carboxylic acids is 1. The van der Waals surface area contributed by atoms with Crippen LogP contribution in [0.15, 0.2) is 6.07 Å². The molecule has 3 N–H and O–H groups in total. The number of carbonyl (C=O) groups is 1. The first-order chi connectivity index (χ1) is 9.65. The topological polar surface area (TPSA) is 71.2 Å². The highest BCUT2D eigenvalue weighted by atomic mass is 16.1. The van der Waals surface area contributed by atoms with Gasteiger partial charge in [0.1, 0.15) is 5.82 Å². The number of fused-ring (bicyclic) bond motifs is 1. The van der Waals surface area contributed by atoms with Crippen molar-refractivity contribution in [2.75, 3.05) is 24.5 Å². The van der Waals surface area contributed by atoms with Gasteiger partial charge in [-0.25, -0.2) is 4.98 Å². The van der Waals surface area contributed by atoms with Crippen LogP contribution in [0.2, 0.25) is 0 Å². The summed E-state index contributed by atoms with van der Waals surface area (Å²) in [7, 11) is 0. The second-order valence-corrected chi connectivity index (χ2v) is 5.84. The number of aromatic nitrogens is 1. The third-order valence-corrected chi connectivity index (χ3v) is 4.21. The first kappa shape index (κ1) is 13.4. The maximum absolute atomic E-state index is 11.8. The average molecular weight is 274 g/mol. The molecule has 2 aliphatic rings. The Balaban J connectivity index is 2.01. The van der Waals surface area contributed by atoms with Gasteiger partial charge >= 0.3 is 0 Å². The SMILES string of the molecule is C[C@H]1CN(c2nc3c(cc2C(N)=O)CCCC3)CCN1. The van der Waals surface area contributed by atoms with E-state index in [4.69, 9.17) is 10.7 Å². The smallest absolute Gasteiger partial charge is 0.252 e. The molecule has 0 radical (unpaired) electrons. The van der Waals surface area contributed by atoms with E-state index in [9.17, 15) is 4.79 Å². The number of nitrogens with two attached hydrogens (primary N) is 1. The molecule has 0 bridgehead atoms. The minimum absolute atomic E-state index is 0.368.